The van der Waals surface area contributed by atoms with E-state index >= 15 is 0 Å². The first-order chi connectivity index (χ1) is 6.77. The van der Waals surface area contributed by atoms with Crippen LogP contribution in [0, 0.1) is 0 Å². The Bertz CT molecular complexity index is 321. The Kier molecular flexibility index (Phi) is 2.35. The van der Waals surface area contributed by atoms with Crippen LogP contribution in [0.1, 0.15) is 12.8 Å². The van der Waals surface area contributed by atoms with Crippen molar-refractivity contribution >= 4 is 11.8 Å². The SMILES string of the molecule is CN(C(=O)Nc1ccccn1)C1CC1. The largest absolute Gasteiger partial charge is 0.325 e. The average Bonchev–Trinajstić information content (AvgIpc) is 3.01. The van der Waals surface area contributed by atoms with Crippen LogP contribution >= 0.6 is 0 Å². The number of hydrogen-bond acceptors (Lipinski definition) is 2. The number of pyridine rings is 1. The molecule has 1 aliphatic carbocycles. The second-order valence-corrected chi connectivity index (χ2v) is 3.49. The van der Waals surface area contributed by atoms with Gasteiger partial charge in [0.1, 0.15) is 5.82 Å². The molecule has 4 nitrogen and oxygen atoms in total. The van der Waals surface area contributed by atoms with Crippen LogP contribution in [-0.4, -0.2) is 29.0 Å². The number of anilines is 1. The third-order valence-corrected chi connectivity index (χ3v) is 2.31. The first-order valence-corrected chi connectivity index (χ1v) is 4.72. The molecule has 1 fully saturated rings. The van der Waals surface area contributed by atoms with Crippen molar-refractivity contribution in [1.29, 1.82) is 0 Å². The van der Waals surface area contributed by atoms with E-state index in [1.807, 2.05) is 19.2 Å². The normalized spacial score (nSPS) is 14.9. The maximum absolute atomic E-state index is 11.6. The zero-order chi connectivity index (χ0) is 9.97. The average molecular weight is 191 g/mol. The molecule has 74 valence electrons. The van der Waals surface area contributed by atoms with E-state index in [0.717, 1.165) is 12.8 Å². The fourth-order valence-electron chi connectivity index (χ4n) is 1.26. The standard InChI is InChI=1S/C10H13N3O/c1-13(8-5-6-8)10(14)12-9-4-2-3-7-11-9/h2-4,7-8H,5-6H2,1H3,(H,11,12,14). The van der Waals surface area contributed by atoms with Gasteiger partial charge in [0, 0.05) is 19.3 Å². The summed E-state index contributed by atoms with van der Waals surface area (Å²) in [6, 6.07) is 5.79. The molecule has 0 atom stereocenters. The monoisotopic (exact) mass is 191 g/mol. The van der Waals surface area contributed by atoms with E-state index < -0.39 is 0 Å². The van der Waals surface area contributed by atoms with Gasteiger partial charge in [0.15, 0.2) is 0 Å². The molecule has 0 aromatic carbocycles. The van der Waals surface area contributed by atoms with Crippen molar-refractivity contribution < 1.29 is 4.79 Å². The van der Waals surface area contributed by atoms with Crippen molar-refractivity contribution in [2.75, 3.05) is 12.4 Å². The molecule has 1 N–H and O–H groups in total. The summed E-state index contributed by atoms with van der Waals surface area (Å²) >= 11 is 0. The third kappa shape index (κ3) is 2.02. The summed E-state index contributed by atoms with van der Waals surface area (Å²) in [6.45, 7) is 0. The topological polar surface area (TPSA) is 45.2 Å². The number of rotatable bonds is 2. The number of aromatic nitrogens is 1. The molecule has 4 heteroatoms. The Morgan fingerprint density at radius 3 is 2.93 bits per heavy atom. The number of amides is 2. The number of urea groups is 1. The first kappa shape index (κ1) is 8.99. The fourth-order valence-corrected chi connectivity index (χ4v) is 1.26. The molecule has 0 unspecified atom stereocenters. The van der Waals surface area contributed by atoms with Crippen LogP contribution in [0.4, 0.5) is 10.6 Å². The third-order valence-electron chi connectivity index (χ3n) is 2.31. The summed E-state index contributed by atoms with van der Waals surface area (Å²) in [6.07, 6.45) is 3.89. The van der Waals surface area contributed by atoms with Crippen LogP contribution in [0.5, 0.6) is 0 Å². The van der Waals surface area contributed by atoms with Gasteiger partial charge < -0.3 is 4.90 Å². The van der Waals surface area contributed by atoms with Crippen molar-refractivity contribution in [1.82, 2.24) is 9.88 Å². The van der Waals surface area contributed by atoms with Gasteiger partial charge in [-0.05, 0) is 25.0 Å². The molecule has 1 heterocycles. The number of carbonyl (C=O) groups excluding carboxylic acids is 1. The molecule has 0 spiro atoms. The van der Waals surface area contributed by atoms with E-state index in [0.29, 0.717) is 11.9 Å². The molecule has 0 aliphatic heterocycles. The number of nitrogens with one attached hydrogen (secondary N) is 1. The van der Waals surface area contributed by atoms with E-state index in [2.05, 4.69) is 10.3 Å². The van der Waals surface area contributed by atoms with Gasteiger partial charge in [-0.2, -0.15) is 0 Å². The maximum Gasteiger partial charge on any atom is 0.322 e. The second kappa shape index (κ2) is 3.65. The lowest BCUT2D eigenvalue weighted by Gasteiger charge is -2.16. The highest BCUT2D eigenvalue weighted by Gasteiger charge is 2.29. The van der Waals surface area contributed by atoms with Gasteiger partial charge in [-0.25, -0.2) is 9.78 Å². The highest BCUT2D eigenvalue weighted by molar-refractivity contribution is 5.88. The summed E-state index contributed by atoms with van der Waals surface area (Å²) in [7, 11) is 1.82. The second-order valence-electron chi connectivity index (χ2n) is 3.49. The molecule has 0 radical (unpaired) electrons. The van der Waals surface area contributed by atoms with E-state index in [9.17, 15) is 4.79 Å². The Morgan fingerprint density at radius 1 is 1.57 bits per heavy atom. The number of hydrogen-bond donors (Lipinski definition) is 1. The minimum absolute atomic E-state index is 0.0776. The van der Waals surface area contributed by atoms with Crippen molar-refractivity contribution in [3.05, 3.63) is 24.4 Å². The minimum atomic E-state index is -0.0776. The molecule has 1 saturated carbocycles. The summed E-state index contributed by atoms with van der Waals surface area (Å²) in [4.78, 5) is 17.3. The molecule has 1 aliphatic rings. The zero-order valence-corrected chi connectivity index (χ0v) is 8.10. The van der Waals surface area contributed by atoms with Crippen LogP contribution in [0.2, 0.25) is 0 Å². The molecule has 0 bridgehead atoms. The summed E-state index contributed by atoms with van der Waals surface area (Å²) in [5.74, 6) is 0.602. The summed E-state index contributed by atoms with van der Waals surface area (Å²) in [5, 5.41) is 2.74. The fraction of sp³-hybridized carbons (Fsp3) is 0.400. The van der Waals surface area contributed by atoms with Crippen molar-refractivity contribution in [2.24, 2.45) is 0 Å². The Labute approximate surface area is 82.9 Å². The lowest BCUT2D eigenvalue weighted by atomic mass is 10.4. The molecule has 2 amide bonds. The van der Waals surface area contributed by atoms with Gasteiger partial charge in [0.05, 0.1) is 0 Å². The minimum Gasteiger partial charge on any atom is -0.325 e. The van der Waals surface area contributed by atoms with Crippen LogP contribution in [0.3, 0.4) is 0 Å². The Hall–Kier alpha value is -1.58. The van der Waals surface area contributed by atoms with E-state index in [-0.39, 0.29) is 6.03 Å². The zero-order valence-electron chi connectivity index (χ0n) is 8.10. The van der Waals surface area contributed by atoms with Crippen LogP contribution in [-0.2, 0) is 0 Å². The predicted molar refractivity (Wildman–Crippen MR) is 54.0 cm³/mol. The van der Waals surface area contributed by atoms with Crippen molar-refractivity contribution in [3.8, 4) is 0 Å². The molecular formula is C10H13N3O. The molecule has 0 saturated heterocycles. The van der Waals surface area contributed by atoms with Crippen LogP contribution < -0.4 is 5.32 Å². The van der Waals surface area contributed by atoms with Crippen molar-refractivity contribution in [3.63, 3.8) is 0 Å². The van der Waals surface area contributed by atoms with E-state index in [1.54, 1.807) is 17.2 Å². The van der Waals surface area contributed by atoms with Crippen LogP contribution in [0.25, 0.3) is 0 Å². The summed E-state index contributed by atoms with van der Waals surface area (Å²) in [5.41, 5.74) is 0. The van der Waals surface area contributed by atoms with E-state index in [1.165, 1.54) is 0 Å². The predicted octanol–water partition coefficient (Wildman–Crippen LogP) is 1.71. The molecule has 2 rings (SSSR count). The molecular weight excluding hydrogens is 178 g/mol. The quantitative estimate of drug-likeness (QED) is 0.773. The van der Waals surface area contributed by atoms with Gasteiger partial charge >= 0.3 is 6.03 Å². The van der Waals surface area contributed by atoms with Gasteiger partial charge in [0.2, 0.25) is 0 Å². The molecule has 1 aromatic rings. The van der Waals surface area contributed by atoms with E-state index in [4.69, 9.17) is 0 Å². The highest BCUT2D eigenvalue weighted by atomic mass is 16.2. The molecule has 14 heavy (non-hydrogen) atoms. The smallest absolute Gasteiger partial charge is 0.322 e. The van der Waals surface area contributed by atoms with Crippen molar-refractivity contribution in [2.45, 2.75) is 18.9 Å². The van der Waals surface area contributed by atoms with Gasteiger partial charge in [-0.3, -0.25) is 5.32 Å². The van der Waals surface area contributed by atoms with Gasteiger partial charge in [0.25, 0.3) is 0 Å². The van der Waals surface area contributed by atoms with Gasteiger partial charge in [-0.15, -0.1) is 0 Å². The highest BCUT2D eigenvalue weighted by Crippen LogP contribution is 2.25. The maximum atomic E-state index is 11.6. The lowest BCUT2D eigenvalue weighted by molar-refractivity contribution is 0.220. The molecule has 1 aromatic heterocycles. The number of nitrogens with zero attached hydrogens (tertiary/aromatic N) is 2. The summed E-state index contributed by atoms with van der Waals surface area (Å²) < 4.78 is 0. The Balaban J connectivity index is 1.94. The first-order valence-electron chi connectivity index (χ1n) is 4.72. The van der Waals surface area contributed by atoms with Crippen LogP contribution in [0.15, 0.2) is 24.4 Å². The lowest BCUT2D eigenvalue weighted by Crippen LogP contribution is -2.33. The van der Waals surface area contributed by atoms with Gasteiger partial charge in [-0.1, -0.05) is 6.07 Å². The number of carbonyl (C=O) groups is 1. The Morgan fingerprint density at radius 2 is 2.36 bits per heavy atom.